The van der Waals surface area contributed by atoms with E-state index in [1.54, 1.807) is 0 Å². The van der Waals surface area contributed by atoms with Gasteiger partial charge >= 0.3 is 23.9 Å². The number of carbonyl (C=O) groups excluding carboxylic acids is 4. The minimum atomic E-state index is -2.02. The van der Waals surface area contributed by atoms with Crippen molar-refractivity contribution in [2.24, 2.45) is 0 Å². The lowest BCUT2D eigenvalue weighted by Gasteiger charge is -2.39. The number of nitro benzene ring substituents is 1. The number of nitro groups is 1. The average molecular weight is 435 g/mol. The van der Waals surface area contributed by atoms with Gasteiger partial charge in [-0.25, -0.2) is 4.79 Å². The Morgan fingerprint density at radius 3 is 2.23 bits per heavy atom. The highest BCUT2D eigenvalue weighted by Gasteiger charge is 2.52. The topological polar surface area (TPSA) is 148 Å². The van der Waals surface area contributed by atoms with Gasteiger partial charge in [0.15, 0.2) is 6.10 Å². The predicted molar refractivity (Wildman–Crippen MR) is 103 cm³/mol. The van der Waals surface area contributed by atoms with E-state index in [0.29, 0.717) is 0 Å². The van der Waals surface area contributed by atoms with Crippen LogP contribution in [0.25, 0.3) is 5.57 Å². The second-order valence-corrected chi connectivity index (χ2v) is 6.76. The summed E-state index contributed by atoms with van der Waals surface area (Å²) in [6.45, 7) is 3.32. The van der Waals surface area contributed by atoms with E-state index < -0.39 is 53.0 Å². The van der Waals surface area contributed by atoms with Crippen LogP contribution in [-0.4, -0.2) is 53.7 Å². The van der Waals surface area contributed by atoms with E-state index in [0.717, 1.165) is 27.9 Å². The highest BCUT2D eigenvalue weighted by atomic mass is 16.6. The molecule has 0 radical (unpaired) electrons. The third kappa shape index (κ3) is 5.44. The van der Waals surface area contributed by atoms with E-state index in [1.807, 2.05) is 0 Å². The quantitative estimate of drug-likeness (QED) is 0.280. The van der Waals surface area contributed by atoms with Crippen molar-refractivity contribution < 1.29 is 43.0 Å². The molecule has 0 N–H and O–H groups in total. The first-order valence-electron chi connectivity index (χ1n) is 9.09. The molecule has 166 valence electrons. The van der Waals surface area contributed by atoms with Crippen LogP contribution in [0.4, 0.5) is 5.69 Å². The molecular weight excluding hydrogens is 414 g/mol. The van der Waals surface area contributed by atoms with Crippen molar-refractivity contribution in [2.75, 3.05) is 7.11 Å². The van der Waals surface area contributed by atoms with E-state index in [4.69, 9.17) is 18.9 Å². The van der Waals surface area contributed by atoms with E-state index in [1.165, 1.54) is 30.3 Å². The van der Waals surface area contributed by atoms with Crippen LogP contribution >= 0.6 is 0 Å². The Bertz CT molecular complexity index is 953. The largest absolute Gasteiger partial charge is 0.466 e. The molecule has 1 unspecified atom stereocenters. The van der Waals surface area contributed by atoms with Crippen LogP contribution < -0.4 is 0 Å². The smallest absolute Gasteiger partial charge is 0.354 e. The summed E-state index contributed by atoms with van der Waals surface area (Å²) in [7, 11) is 1.08. The highest BCUT2D eigenvalue weighted by Crippen LogP contribution is 2.40. The lowest BCUT2D eigenvalue weighted by Crippen LogP contribution is -2.52. The maximum Gasteiger partial charge on any atom is 0.354 e. The molecule has 1 aliphatic carbocycles. The monoisotopic (exact) mass is 435 g/mol. The van der Waals surface area contributed by atoms with Crippen LogP contribution in [0, 0.1) is 10.1 Å². The zero-order chi connectivity index (χ0) is 23.3. The van der Waals surface area contributed by atoms with Crippen LogP contribution in [0.15, 0.2) is 30.3 Å². The fourth-order valence-electron chi connectivity index (χ4n) is 3.36. The highest BCUT2D eigenvalue weighted by molar-refractivity contribution is 5.90. The number of hydrogen-bond acceptors (Lipinski definition) is 10. The van der Waals surface area contributed by atoms with Crippen LogP contribution in [0.5, 0.6) is 0 Å². The lowest BCUT2D eigenvalue weighted by atomic mass is 9.79. The molecule has 2 rings (SSSR count). The predicted octanol–water partition coefficient (Wildman–Crippen LogP) is 1.72. The summed E-state index contributed by atoms with van der Waals surface area (Å²) < 4.78 is 20.7. The Morgan fingerprint density at radius 2 is 1.71 bits per heavy atom. The summed E-state index contributed by atoms with van der Waals surface area (Å²) in [5.41, 5.74) is -2.02. The first-order valence-corrected chi connectivity index (χ1v) is 9.09. The van der Waals surface area contributed by atoms with Crippen LogP contribution in [0.2, 0.25) is 0 Å². The molecule has 0 fully saturated rings. The summed E-state index contributed by atoms with van der Waals surface area (Å²) in [5.74, 6) is -3.27. The molecule has 1 aliphatic rings. The summed E-state index contributed by atoms with van der Waals surface area (Å²) in [6.07, 6.45) is -1.67. The molecule has 3 atom stereocenters. The van der Waals surface area contributed by atoms with Gasteiger partial charge in [0.1, 0.15) is 6.10 Å². The van der Waals surface area contributed by atoms with Crippen molar-refractivity contribution in [1.82, 2.24) is 0 Å². The second kappa shape index (κ2) is 9.37. The van der Waals surface area contributed by atoms with E-state index in [2.05, 4.69) is 0 Å². The minimum Gasteiger partial charge on any atom is -0.466 e. The summed E-state index contributed by atoms with van der Waals surface area (Å²) in [5, 5.41) is 11.2. The van der Waals surface area contributed by atoms with E-state index in [9.17, 15) is 29.3 Å². The Labute approximate surface area is 177 Å². The lowest BCUT2D eigenvalue weighted by molar-refractivity contribution is -0.384. The number of carbonyl (C=O) groups is 4. The van der Waals surface area contributed by atoms with Crippen molar-refractivity contribution in [1.29, 1.82) is 0 Å². The Hall–Kier alpha value is -3.76. The van der Waals surface area contributed by atoms with Crippen LogP contribution in [-0.2, 0) is 38.1 Å². The summed E-state index contributed by atoms with van der Waals surface area (Å²) in [6, 6.07) is 5.30. The average Bonchev–Trinajstić information content (AvgIpc) is 2.67. The van der Waals surface area contributed by atoms with Gasteiger partial charge in [-0.05, 0) is 11.6 Å². The standard InChI is InChI=1S/C20H21NO10/c1-11(22)29-17-10-20(19(25)28-4,31-13(3)24)9-16(18(17)30-12(2)23)14-6-5-7-15(8-14)21(26)27/h5-9,17-18H,10H2,1-4H3/t17?,18-,20+/m1/s1. The molecule has 0 saturated heterocycles. The number of benzene rings is 1. The number of hydrogen-bond donors (Lipinski definition) is 0. The molecule has 0 spiro atoms. The van der Waals surface area contributed by atoms with Gasteiger partial charge in [0.25, 0.3) is 5.69 Å². The van der Waals surface area contributed by atoms with Crippen molar-refractivity contribution in [3.05, 3.63) is 46.0 Å². The Kier molecular flexibility index (Phi) is 7.11. The molecule has 0 saturated carbocycles. The molecule has 0 heterocycles. The molecular formula is C20H21NO10. The molecule has 0 bridgehead atoms. The van der Waals surface area contributed by atoms with Crippen LogP contribution in [0.1, 0.15) is 32.8 Å². The molecule has 1 aromatic rings. The van der Waals surface area contributed by atoms with Crippen molar-refractivity contribution >= 4 is 35.1 Å². The first kappa shape index (κ1) is 23.5. The number of non-ortho nitro benzene ring substituents is 1. The number of nitrogens with zero attached hydrogens (tertiary/aromatic N) is 1. The van der Waals surface area contributed by atoms with Gasteiger partial charge < -0.3 is 18.9 Å². The summed E-state index contributed by atoms with van der Waals surface area (Å²) in [4.78, 5) is 58.5. The van der Waals surface area contributed by atoms with E-state index in [-0.39, 0.29) is 16.8 Å². The van der Waals surface area contributed by atoms with Gasteiger partial charge in [-0.2, -0.15) is 0 Å². The number of rotatable bonds is 6. The molecule has 0 aliphatic heterocycles. The van der Waals surface area contributed by atoms with Crippen molar-refractivity contribution in [3.63, 3.8) is 0 Å². The third-order valence-corrected chi connectivity index (χ3v) is 4.39. The van der Waals surface area contributed by atoms with Gasteiger partial charge in [-0.1, -0.05) is 12.1 Å². The molecule has 11 heteroatoms. The zero-order valence-electron chi connectivity index (χ0n) is 17.3. The molecule has 31 heavy (non-hydrogen) atoms. The molecule has 1 aromatic carbocycles. The maximum atomic E-state index is 12.6. The normalized spacial score (nSPS) is 22.5. The van der Waals surface area contributed by atoms with Crippen molar-refractivity contribution in [2.45, 2.75) is 45.0 Å². The Morgan fingerprint density at radius 1 is 1.06 bits per heavy atom. The summed E-state index contributed by atoms with van der Waals surface area (Å²) >= 11 is 0. The number of ether oxygens (including phenoxy) is 4. The minimum absolute atomic E-state index is 0.0723. The SMILES string of the molecule is COC(=O)[C@]1(OC(C)=O)C=C(c2cccc([N+](=O)[O-])c2)[C@@H](OC(C)=O)C(OC(C)=O)C1. The van der Waals surface area contributed by atoms with E-state index >= 15 is 0 Å². The third-order valence-electron chi connectivity index (χ3n) is 4.39. The zero-order valence-corrected chi connectivity index (χ0v) is 17.3. The van der Waals surface area contributed by atoms with Gasteiger partial charge in [-0.15, -0.1) is 0 Å². The van der Waals surface area contributed by atoms with Gasteiger partial charge in [0.2, 0.25) is 5.60 Å². The maximum absolute atomic E-state index is 12.6. The van der Waals surface area contributed by atoms with Crippen LogP contribution in [0.3, 0.4) is 0 Å². The number of esters is 4. The van der Waals surface area contributed by atoms with Gasteiger partial charge in [-0.3, -0.25) is 24.5 Å². The Balaban J connectivity index is 2.78. The second-order valence-electron chi connectivity index (χ2n) is 6.76. The fraction of sp³-hybridized carbons (Fsp3) is 0.400. The number of methoxy groups -OCH3 is 1. The van der Waals surface area contributed by atoms with Gasteiger partial charge in [0, 0.05) is 44.9 Å². The first-order chi connectivity index (χ1) is 14.5. The molecule has 0 aromatic heterocycles. The molecule has 0 amide bonds. The fourth-order valence-corrected chi connectivity index (χ4v) is 3.36. The van der Waals surface area contributed by atoms with Crippen molar-refractivity contribution in [3.8, 4) is 0 Å². The van der Waals surface area contributed by atoms with Gasteiger partial charge in [0.05, 0.1) is 12.0 Å². The molecule has 11 nitrogen and oxygen atoms in total.